The van der Waals surface area contributed by atoms with Gasteiger partial charge in [0.15, 0.2) is 0 Å². The van der Waals surface area contributed by atoms with Gasteiger partial charge in [-0.15, -0.1) is 0 Å². The fourth-order valence-corrected chi connectivity index (χ4v) is 5.40. The SMILES string of the molecule is Cc1cc(F)ccc1S(=O)(=O)N1CCCO[C@H]1CNC(=O)C(=O)NCCN1CCOCC1. The number of hydrogen-bond donors (Lipinski definition) is 2. The first-order chi connectivity index (χ1) is 15.3. The molecule has 0 aromatic heterocycles. The lowest BCUT2D eigenvalue weighted by atomic mass is 10.2. The van der Waals surface area contributed by atoms with Crippen molar-refractivity contribution < 1.29 is 31.9 Å². The first-order valence-electron chi connectivity index (χ1n) is 10.5. The Morgan fingerprint density at radius 1 is 1.12 bits per heavy atom. The van der Waals surface area contributed by atoms with Crippen LogP contribution in [0.2, 0.25) is 0 Å². The molecule has 1 atom stereocenters. The van der Waals surface area contributed by atoms with E-state index in [1.165, 1.54) is 13.0 Å². The number of hydrogen-bond acceptors (Lipinski definition) is 7. The first-order valence-corrected chi connectivity index (χ1v) is 12.0. The highest BCUT2D eigenvalue weighted by atomic mass is 32.2. The summed E-state index contributed by atoms with van der Waals surface area (Å²) >= 11 is 0. The summed E-state index contributed by atoms with van der Waals surface area (Å²) in [5.74, 6) is -2.19. The molecule has 2 N–H and O–H groups in total. The molecule has 2 heterocycles. The van der Waals surface area contributed by atoms with E-state index in [0.717, 1.165) is 29.5 Å². The standard InChI is InChI=1S/C20H29FN4O6S/c1-15-13-16(21)3-4-17(15)32(28,29)25-6-2-10-31-18(25)14-23-20(27)19(26)22-5-7-24-8-11-30-12-9-24/h3-4,13,18H,2,5-12,14H2,1H3,(H,22,26)(H,23,27)/t18-/m0/s1. The van der Waals surface area contributed by atoms with Gasteiger partial charge in [0, 0.05) is 32.7 Å². The van der Waals surface area contributed by atoms with E-state index in [9.17, 15) is 22.4 Å². The Morgan fingerprint density at radius 2 is 1.84 bits per heavy atom. The van der Waals surface area contributed by atoms with Crippen molar-refractivity contribution in [3.63, 3.8) is 0 Å². The number of ether oxygens (including phenoxy) is 2. The zero-order valence-electron chi connectivity index (χ0n) is 18.0. The number of rotatable bonds is 7. The summed E-state index contributed by atoms with van der Waals surface area (Å²) in [6.07, 6.45) is -0.491. The maximum absolute atomic E-state index is 13.4. The van der Waals surface area contributed by atoms with Crippen LogP contribution in [-0.4, -0.2) is 94.8 Å². The topological polar surface area (TPSA) is 117 Å². The molecule has 32 heavy (non-hydrogen) atoms. The van der Waals surface area contributed by atoms with Gasteiger partial charge in [-0.1, -0.05) is 0 Å². The highest BCUT2D eigenvalue weighted by molar-refractivity contribution is 7.89. The summed E-state index contributed by atoms with van der Waals surface area (Å²) in [4.78, 5) is 26.3. The monoisotopic (exact) mass is 472 g/mol. The van der Waals surface area contributed by atoms with Gasteiger partial charge in [-0.2, -0.15) is 4.31 Å². The van der Waals surface area contributed by atoms with Gasteiger partial charge in [-0.05, 0) is 37.1 Å². The van der Waals surface area contributed by atoms with E-state index in [0.29, 0.717) is 39.3 Å². The second-order valence-electron chi connectivity index (χ2n) is 7.62. The van der Waals surface area contributed by atoms with Crippen molar-refractivity contribution in [3.05, 3.63) is 29.6 Å². The van der Waals surface area contributed by atoms with E-state index in [1.54, 1.807) is 0 Å². The van der Waals surface area contributed by atoms with Gasteiger partial charge >= 0.3 is 11.8 Å². The number of amides is 2. The summed E-state index contributed by atoms with van der Waals surface area (Å²) in [6, 6.07) is 3.45. The molecule has 0 spiro atoms. The highest BCUT2D eigenvalue weighted by Crippen LogP contribution is 2.25. The molecule has 0 aliphatic carbocycles. The maximum Gasteiger partial charge on any atom is 0.309 e. The molecule has 2 saturated heterocycles. The van der Waals surface area contributed by atoms with Crippen LogP contribution in [0.3, 0.4) is 0 Å². The van der Waals surface area contributed by atoms with Crippen molar-refractivity contribution in [1.29, 1.82) is 0 Å². The number of carbonyl (C=O) groups is 2. The molecule has 0 bridgehead atoms. The van der Waals surface area contributed by atoms with Crippen molar-refractivity contribution in [2.24, 2.45) is 0 Å². The molecule has 2 amide bonds. The average Bonchev–Trinajstić information content (AvgIpc) is 2.78. The Kier molecular flexibility index (Phi) is 8.54. The second kappa shape index (κ2) is 11.1. The van der Waals surface area contributed by atoms with Crippen LogP contribution in [0.25, 0.3) is 0 Å². The second-order valence-corrected chi connectivity index (χ2v) is 9.48. The Hall–Kier alpha value is -2.12. The number of aryl methyl sites for hydroxylation is 1. The molecule has 0 radical (unpaired) electrons. The number of benzene rings is 1. The zero-order chi connectivity index (χ0) is 23.1. The number of halogens is 1. The van der Waals surface area contributed by atoms with E-state index < -0.39 is 33.9 Å². The van der Waals surface area contributed by atoms with Crippen molar-refractivity contribution in [3.8, 4) is 0 Å². The van der Waals surface area contributed by atoms with Crippen LogP contribution in [0.4, 0.5) is 4.39 Å². The Balaban J connectivity index is 1.54. The Bertz CT molecular complexity index is 923. The van der Waals surface area contributed by atoms with E-state index in [-0.39, 0.29) is 23.5 Å². The molecule has 178 valence electrons. The number of morpholine rings is 1. The summed E-state index contributed by atoms with van der Waals surface area (Å²) in [5.41, 5.74) is 0.276. The molecule has 3 rings (SSSR count). The molecule has 2 fully saturated rings. The van der Waals surface area contributed by atoms with E-state index in [4.69, 9.17) is 9.47 Å². The number of sulfonamides is 1. The largest absolute Gasteiger partial charge is 0.379 e. The van der Waals surface area contributed by atoms with Gasteiger partial charge < -0.3 is 20.1 Å². The third kappa shape index (κ3) is 6.23. The lowest BCUT2D eigenvalue weighted by molar-refractivity contribution is -0.140. The summed E-state index contributed by atoms with van der Waals surface area (Å²) in [6.45, 7) is 5.60. The van der Waals surface area contributed by atoms with Crippen molar-refractivity contribution in [1.82, 2.24) is 19.8 Å². The van der Waals surface area contributed by atoms with Crippen LogP contribution in [0.1, 0.15) is 12.0 Å². The summed E-state index contributed by atoms with van der Waals surface area (Å²) in [5, 5.41) is 5.00. The molecule has 2 aliphatic rings. The predicted molar refractivity (Wildman–Crippen MR) is 113 cm³/mol. The third-order valence-corrected chi connectivity index (χ3v) is 7.39. The normalized spacial score (nSPS) is 20.6. The maximum atomic E-state index is 13.4. The van der Waals surface area contributed by atoms with Crippen LogP contribution in [0.15, 0.2) is 23.1 Å². The van der Waals surface area contributed by atoms with Gasteiger partial charge in [-0.3, -0.25) is 14.5 Å². The molecular weight excluding hydrogens is 443 g/mol. The lowest BCUT2D eigenvalue weighted by Gasteiger charge is -2.34. The van der Waals surface area contributed by atoms with E-state index >= 15 is 0 Å². The highest BCUT2D eigenvalue weighted by Gasteiger charge is 2.35. The van der Waals surface area contributed by atoms with Gasteiger partial charge in [0.1, 0.15) is 12.0 Å². The van der Waals surface area contributed by atoms with Crippen molar-refractivity contribution in [2.45, 2.75) is 24.5 Å². The van der Waals surface area contributed by atoms with E-state index in [2.05, 4.69) is 15.5 Å². The molecule has 12 heteroatoms. The fraction of sp³-hybridized carbons (Fsp3) is 0.600. The smallest absolute Gasteiger partial charge is 0.309 e. The Labute approximate surface area is 187 Å². The summed E-state index contributed by atoms with van der Waals surface area (Å²) in [7, 11) is -3.98. The molecule has 10 nitrogen and oxygen atoms in total. The molecule has 0 unspecified atom stereocenters. The number of carbonyl (C=O) groups excluding carboxylic acids is 2. The van der Waals surface area contributed by atoms with E-state index in [1.807, 2.05) is 0 Å². The Morgan fingerprint density at radius 3 is 2.56 bits per heavy atom. The van der Waals surface area contributed by atoms with Gasteiger partial charge in [0.05, 0.1) is 31.3 Å². The van der Waals surface area contributed by atoms with Crippen molar-refractivity contribution in [2.75, 3.05) is 59.1 Å². The van der Waals surface area contributed by atoms with Crippen LogP contribution >= 0.6 is 0 Å². The quantitative estimate of drug-likeness (QED) is 0.511. The molecule has 2 aliphatic heterocycles. The average molecular weight is 473 g/mol. The minimum atomic E-state index is -3.98. The first kappa shape index (κ1) is 24.5. The fourth-order valence-electron chi connectivity index (χ4n) is 3.62. The van der Waals surface area contributed by atoms with Gasteiger partial charge in [0.25, 0.3) is 0 Å². The minimum Gasteiger partial charge on any atom is -0.379 e. The number of nitrogens with one attached hydrogen (secondary N) is 2. The predicted octanol–water partition coefficient (Wildman–Crippen LogP) is -0.564. The van der Waals surface area contributed by atoms with Crippen LogP contribution in [0.5, 0.6) is 0 Å². The van der Waals surface area contributed by atoms with Crippen LogP contribution in [0, 0.1) is 12.7 Å². The third-order valence-electron chi connectivity index (χ3n) is 5.34. The van der Waals surface area contributed by atoms with Gasteiger partial charge in [0.2, 0.25) is 10.0 Å². The molecular formula is C20H29FN4O6S. The van der Waals surface area contributed by atoms with Crippen LogP contribution < -0.4 is 10.6 Å². The zero-order valence-corrected chi connectivity index (χ0v) is 18.8. The minimum absolute atomic E-state index is 0.0263. The van der Waals surface area contributed by atoms with Crippen molar-refractivity contribution >= 4 is 21.8 Å². The van der Waals surface area contributed by atoms with Crippen LogP contribution in [-0.2, 0) is 29.1 Å². The number of nitrogens with zero attached hydrogens (tertiary/aromatic N) is 2. The summed E-state index contributed by atoms with van der Waals surface area (Å²) < 4.78 is 51.6. The molecule has 1 aromatic carbocycles. The lowest BCUT2D eigenvalue weighted by Crippen LogP contribution is -2.53. The molecule has 0 saturated carbocycles. The van der Waals surface area contributed by atoms with Gasteiger partial charge in [-0.25, -0.2) is 12.8 Å². The molecule has 1 aromatic rings.